The highest BCUT2D eigenvalue weighted by molar-refractivity contribution is 5.98. The molecule has 92 valence electrons. The maximum atomic E-state index is 5.59. The number of hydrogen-bond acceptors (Lipinski definition) is 3. The second kappa shape index (κ2) is 3.63. The zero-order chi connectivity index (χ0) is 12.9. The Morgan fingerprint density at radius 2 is 2.00 bits per heavy atom. The van der Waals surface area contributed by atoms with Crippen LogP contribution in [0, 0.1) is 13.8 Å². The Bertz CT molecular complexity index is 737. The first-order chi connectivity index (χ1) is 8.56. The summed E-state index contributed by atoms with van der Waals surface area (Å²) in [5, 5.41) is 5.20. The highest BCUT2D eigenvalue weighted by atomic mass is 16.5. The minimum absolute atomic E-state index is 0.340. The molecular formula is C14H15N3O. The molecular weight excluding hydrogens is 226 g/mol. The van der Waals surface area contributed by atoms with E-state index in [1.165, 1.54) is 22.0 Å². The number of nitrogens with two attached hydrogens (primary N) is 1. The average molecular weight is 241 g/mol. The fourth-order valence-electron chi connectivity index (χ4n) is 2.51. The molecule has 1 aromatic carbocycles. The molecule has 0 spiro atoms. The van der Waals surface area contributed by atoms with E-state index in [9.17, 15) is 0 Å². The molecule has 0 aliphatic rings. The summed E-state index contributed by atoms with van der Waals surface area (Å²) >= 11 is 0. The van der Waals surface area contributed by atoms with Gasteiger partial charge in [0.2, 0.25) is 5.88 Å². The molecule has 2 aromatic heterocycles. The summed E-state index contributed by atoms with van der Waals surface area (Å²) in [6, 6.07) is 6.11. The van der Waals surface area contributed by atoms with Crippen molar-refractivity contribution in [3.8, 4) is 11.3 Å². The molecule has 0 aliphatic heterocycles. The van der Waals surface area contributed by atoms with Crippen molar-refractivity contribution in [3.63, 3.8) is 0 Å². The minimum atomic E-state index is 0.340. The molecule has 3 aromatic rings. The van der Waals surface area contributed by atoms with E-state index in [1.807, 2.05) is 7.05 Å². The van der Waals surface area contributed by atoms with E-state index in [2.05, 4.69) is 41.9 Å². The van der Waals surface area contributed by atoms with Gasteiger partial charge in [-0.15, -0.1) is 0 Å². The molecule has 0 radical (unpaired) electrons. The lowest BCUT2D eigenvalue weighted by Gasteiger charge is -2.02. The maximum absolute atomic E-state index is 5.59. The lowest BCUT2D eigenvalue weighted by Crippen LogP contribution is -1.85. The molecule has 0 aliphatic carbocycles. The van der Waals surface area contributed by atoms with Gasteiger partial charge in [0.15, 0.2) is 0 Å². The Kier molecular flexibility index (Phi) is 2.20. The zero-order valence-corrected chi connectivity index (χ0v) is 10.7. The van der Waals surface area contributed by atoms with Crippen LogP contribution < -0.4 is 5.73 Å². The molecule has 18 heavy (non-hydrogen) atoms. The van der Waals surface area contributed by atoms with E-state index in [4.69, 9.17) is 10.3 Å². The Labute approximate surface area is 105 Å². The SMILES string of the molecule is Cc1cc(C)c2c(-c3cc(N)on3)cn(C)c2c1. The second-order valence-corrected chi connectivity index (χ2v) is 4.74. The van der Waals surface area contributed by atoms with Crippen molar-refractivity contribution in [3.05, 3.63) is 35.5 Å². The molecule has 4 nitrogen and oxygen atoms in total. The van der Waals surface area contributed by atoms with Gasteiger partial charge in [-0.2, -0.15) is 0 Å². The first-order valence-electron chi connectivity index (χ1n) is 5.85. The molecule has 0 fully saturated rings. The van der Waals surface area contributed by atoms with Gasteiger partial charge in [0.05, 0.1) is 0 Å². The fraction of sp³-hybridized carbons (Fsp3) is 0.214. The highest BCUT2D eigenvalue weighted by Crippen LogP contribution is 2.33. The zero-order valence-electron chi connectivity index (χ0n) is 10.7. The van der Waals surface area contributed by atoms with Crippen molar-refractivity contribution in [1.82, 2.24) is 9.72 Å². The van der Waals surface area contributed by atoms with E-state index in [1.54, 1.807) is 6.07 Å². The third-order valence-corrected chi connectivity index (χ3v) is 3.24. The molecule has 4 heteroatoms. The third-order valence-electron chi connectivity index (χ3n) is 3.24. The van der Waals surface area contributed by atoms with E-state index < -0.39 is 0 Å². The van der Waals surface area contributed by atoms with Gasteiger partial charge in [-0.3, -0.25) is 0 Å². The van der Waals surface area contributed by atoms with Gasteiger partial charge in [-0.05, 0) is 31.0 Å². The third kappa shape index (κ3) is 1.49. The number of aromatic nitrogens is 2. The van der Waals surface area contributed by atoms with Crippen LogP contribution in [0.4, 0.5) is 5.88 Å². The molecule has 0 atom stereocenters. The quantitative estimate of drug-likeness (QED) is 0.712. The molecule has 0 saturated carbocycles. The van der Waals surface area contributed by atoms with Crippen LogP contribution in [0.25, 0.3) is 22.2 Å². The van der Waals surface area contributed by atoms with E-state index in [0.29, 0.717) is 5.88 Å². The topological polar surface area (TPSA) is 57.0 Å². The first-order valence-corrected chi connectivity index (χ1v) is 5.85. The number of anilines is 1. The average Bonchev–Trinajstić information content (AvgIpc) is 2.84. The monoisotopic (exact) mass is 241 g/mol. The van der Waals surface area contributed by atoms with E-state index in [-0.39, 0.29) is 0 Å². The smallest absolute Gasteiger partial charge is 0.222 e. The second-order valence-electron chi connectivity index (χ2n) is 4.74. The molecule has 0 bridgehead atoms. The van der Waals surface area contributed by atoms with Crippen LogP contribution in [0.2, 0.25) is 0 Å². The Morgan fingerprint density at radius 1 is 1.22 bits per heavy atom. The van der Waals surface area contributed by atoms with Crippen molar-refractivity contribution in [1.29, 1.82) is 0 Å². The molecule has 2 heterocycles. The van der Waals surface area contributed by atoms with E-state index in [0.717, 1.165) is 11.3 Å². The molecule has 0 unspecified atom stereocenters. The van der Waals surface area contributed by atoms with Crippen LogP contribution in [-0.4, -0.2) is 9.72 Å². The maximum Gasteiger partial charge on any atom is 0.222 e. The number of benzene rings is 1. The summed E-state index contributed by atoms with van der Waals surface area (Å²) in [6.45, 7) is 4.22. The normalized spacial score (nSPS) is 11.3. The van der Waals surface area contributed by atoms with Crippen LogP contribution >= 0.6 is 0 Å². The van der Waals surface area contributed by atoms with Crippen molar-refractivity contribution in [2.24, 2.45) is 7.05 Å². The lowest BCUT2D eigenvalue weighted by atomic mass is 10.0. The number of nitrogen functional groups attached to an aromatic ring is 1. The van der Waals surface area contributed by atoms with Crippen molar-refractivity contribution in [2.45, 2.75) is 13.8 Å². The summed E-state index contributed by atoms with van der Waals surface area (Å²) < 4.78 is 7.07. The van der Waals surface area contributed by atoms with Crippen LogP contribution in [0.5, 0.6) is 0 Å². The van der Waals surface area contributed by atoms with Crippen molar-refractivity contribution < 1.29 is 4.52 Å². The van der Waals surface area contributed by atoms with Crippen LogP contribution in [-0.2, 0) is 7.05 Å². The van der Waals surface area contributed by atoms with Gasteiger partial charge in [0.25, 0.3) is 0 Å². The fourth-order valence-corrected chi connectivity index (χ4v) is 2.51. The molecule has 0 amide bonds. The number of aryl methyl sites for hydroxylation is 3. The Balaban J connectivity index is 2.37. The van der Waals surface area contributed by atoms with Crippen LogP contribution in [0.15, 0.2) is 28.9 Å². The number of rotatable bonds is 1. The Hall–Kier alpha value is -2.23. The van der Waals surface area contributed by atoms with Gasteiger partial charge in [-0.25, -0.2) is 0 Å². The highest BCUT2D eigenvalue weighted by Gasteiger charge is 2.14. The summed E-state index contributed by atoms with van der Waals surface area (Å²) in [7, 11) is 2.04. The van der Waals surface area contributed by atoms with E-state index >= 15 is 0 Å². The molecule has 0 saturated heterocycles. The number of nitrogens with zero attached hydrogens (tertiary/aromatic N) is 2. The van der Waals surface area contributed by atoms with Crippen LogP contribution in [0.3, 0.4) is 0 Å². The number of fused-ring (bicyclic) bond motifs is 1. The summed E-state index contributed by atoms with van der Waals surface area (Å²) in [6.07, 6.45) is 2.06. The summed E-state index contributed by atoms with van der Waals surface area (Å²) in [5.41, 5.74) is 11.1. The van der Waals surface area contributed by atoms with Crippen LogP contribution in [0.1, 0.15) is 11.1 Å². The predicted molar refractivity (Wildman–Crippen MR) is 72.3 cm³/mol. The molecule has 3 rings (SSSR count). The molecule has 2 N–H and O–H groups in total. The summed E-state index contributed by atoms with van der Waals surface area (Å²) in [5.74, 6) is 0.340. The van der Waals surface area contributed by atoms with Gasteiger partial charge < -0.3 is 14.8 Å². The minimum Gasteiger partial charge on any atom is -0.368 e. The van der Waals surface area contributed by atoms with Crippen molar-refractivity contribution >= 4 is 16.8 Å². The van der Waals surface area contributed by atoms with Gasteiger partial charge in [0.1, 0.15) is 5.69 Å². The number of hydrogen-bond donors (Lipinski definition) is 1. The van der Waals surface area contributed by atoms with Gasteiger partial charge in [-0.1, -0.05) is 11.2 Å². The first kappa shape index (κ1) is 10.9. The largest absolute Gasteiger partial charge is 0.368 e. The standard InChI is InChI=1S/C14H15N3O/c1-8-4-9(2)14-10(7-17(3)12(14)5-8)11-6-13(15)18-16-11/h4-7H,15H2,1-3H3. The predicted octanol–water partition coefficient (Wildman–Crippen LogP) is 3.03. The Morgan fingerprint density at radius 3 is 2.67 bits per heavy atom. The van der Waals surface area contributed by atoms with Gasteiger partial charge in [0, 0.05) is 35.8 Å². The van der Waals surface area contributed by atoms with Gasteiger partial charge >= 0.3 is 0 Å². The lowest BCUT2D eigenvalue weighted by molar-refractivity contribution is 0.439. The summed E-state index contributed by atoms with van der Waals surface area (Å²) in [4.78, 5) is 0. The van der Waals surface area contributed by atoms with Crippen molar-refractivity contribution in [2.75, 3.05) is 5.73 Å².